The van der Waals surface area contributed by atoms with Crippen molar-refractivity contribution in [3.63, 3.8) is 0 Å². The number of nitrogen functional groups attached to an aromatic ring is 1. The summed E-state index contributed by atoms with van der Waals surface area (Å²) in [6.45, 7) is 0.0556. The van der Waals surface area contributed by atoms with Gasteiger partial charge in [-0.05, 0) is 49.2 Å². The number of nitrogens with zero attached hydrogens (tertiary/aromatic N) is 4. The molecule has 10 heteroatoms. The molecular formula is C27H25F2N5O3. The maximum absolute atomic E-state index is 15.1. The van der Waals surface area contributed by atoms with Crippen LogP contribution in [0.3, 0.4) is 0 Å². The summed E-state index contributed by atoms with van der Waals surface area (Å²) in [5.74, 6) is -0.343. The number of likely N-dealkylation sites (tertiary alicyclic amines) is 1. The monoisotopic (exact) mass is 505 g/mol. The molecule has 8 nitrogen and oxygen atoms in total. The van der Waals surface area contributed by atoms with Crippen LogP contribution in [0.5, 0.6) is 11.5 Å². The lowest BCUT2D eigenvalue weighted by Crippen LogP contribution is -2.42. The highest BCUT2D eigenvalue weighted by molar-refractivity contribution is 5.88. The van der Waals surface area contributed by atoms with E-state index in [0.717, 1.165) is 6.08 Å². The van der Waals surface area contributed by atoms with Crippen LogP contribution >= 0.6 is 0 Å². The fraction of sp³-hybridized carbons (Fsp3) is 0.222. The summed E-state index contributed by atoms with van der Waals surface area (Å²) in [5, 5.41) is 0. The normalized spacial score (nSPS) is 15.9. The molecule has 190 valence electrons. The van der Waals surface area contributed by atoms with Crippen LogP contribution in [0.1, 0.15) is 18.9 Å². The molecule has 1 aliphatic heterocycles. The number of pyridine rings is 1. The molecule has 2 N–H and O–H groups in total. The molecule has 37 heavy (non-hydrogen) atoms. The van der Waals surface area contributed by atoms with Gasteiger partial charge in [0.1, 0.15) is 23.8 Å². The van der Waals surface area contributed by atoms with Crippen molar-refractivity contribution in [2.24, 2.45) is 0 Å². The lowest BCUT2D eigenvalue weighted by molar-refractivity contribution is -0.127. The largest absolute Gasteiger partial charge is 0.454 e. The molecule has 0 radical (unpaired) electrons. The molecule has 0 saturated carbocycles. The summed E-state index contributed by atoms with van der Waals surface area (Å²) in [5.41, 5.74) is 6.91. The minimum absolute atomic E-state index is 0.0144. The highest BCUT2D eigenvalue weighted by Gasteiger charge is 2.29. The molecule has 3 heterocycles. The number of imidazole rings is 1. The van der Waals surface area contributed by atoms with Crippen LogP contribution in [-0.2, 0) is 4.79 Å². The van der Waals surface area contributed by atoms with Crippen LogP contribution in [0.15, 0.2) is 77.7 Å². The zero-order chi connectivity index (χ0) is 25.9. The predicted molar refractivity (Wildman–Crippen MR) is 136 cm³/mol. The Morgan fingerprint density at radius 2 is 2.00 bits per heavy atom. The van der Waals surface area contributed by atoms with Crippen molar-refractivity contribution < 1.29 is 18.3 Å². The number of hydrogen-bond donors (Lipinski definition) is 1. The summed E-state index contributed by atoms with van der Waals surface area (Å²) < 4.78 is 36.1. The molecule has 1 fully saturated rings. The number of carbonyl (C=O) groups is 1. The Bertz CT molecular complexity index is 1530. The lowest BCUT2D eigenvalue weighted by Gasteiger charge is -2.32. The first-order valence-corrected chi connectivity index (χ1v) is 11.9. The Morgan fingerprint density at radius 3 is 2.76 bits per heavy atom. The van der Waals surface area contributed by atoms with E-state index in [9.17, 15) is 14.0 Å². The fourth-order valence-electron chi connectivity index (χ4n) is 4.73. The van der Waals surface area contributed by atoms with E-state index in [2.05, 4.69) is 4.98 Å². The third-order valence-electron chi connectivity index (χ3n) is 6.38. The molecule has 0 bridgehead atoms. The maximum Gasteiger partial charge on any atom is 0.334 e. The number of amides is 1. The number of carbonyl (C=O) groups excluding carboxylic acids is 1. The van der Waals surface area contributed by atoms with Gasteiger partial charge in [-0.3, -0.25) is 13.9 Å². The Morgan fingerprint density at radius 1 is 1.19 bits per heavy atom. The van der Waals surface area contributed by atoms with Crippen molar-refractivity contribution in [3.05, 3.63) is 89.2 Å². The summed E-state index contributed by atoms with van der Waals surface area (Å²) >= 11 is 0. The molecule has 1 saturated heterocycles. The van der Waals surface area contributed by atoms with Gasteiger partial charge in [0.2, 0.25) is 5.91 Å². The Hall–Kier alpha value is -4.47. The van der Waals surface area contributed by atoms with Crippen molar-refractivity contribution in [1.82, 2.24) is 19.0 Å². The Balaban J connectivity index is 1.55. The number of aromatic nitrogens is 3. The van der Waals surface area contributed by atoms with Gasteiger partial charge >= 0.3 is 5.69 Å². The molecular weight excluding hydrogens is 480 g/mol. The van der Waals surface area contributed by atoms with Crippen molar-refractivity contribution >= 4 is 22.8 Å². The highest BCUT2D eigenvalue weighted by Crippen LogP contribution is 2.31. The number of fused-ring (bicyclic) bond motifs is 1. The second-order valence-corrected chi connectivity index (χ2v) is 8.72. The van der Waals surface area contributed by atoms with E-state index in [0.29, 0.717) is 36.2 Å². The van der Waals surface area contributed by atoms with E-state index in [1.807, 2.05) is 6.07 Å². The second-order valence-electron chi connectivity index (χ2n) is 8.72. The van der Waals surface area contributed by atoms with E-state index < -0.39 is 18.2 Å². The number of nitrogens with two attached hydrogens (primary N) is 1. The summed E-state index contributed by atoms with van der Waals surface area (Å²) in [6.07, 6.45) is 5.19. The molecule has 1 atom stereocenters. The molecule has 1 aliphatic rings. The molecule has 2 aromatic heterocycles. The van der Waals surface area contributed by atoms with Gasteiger partial charge in [-0.25, -0.2) is 18.6 Å². The highest BCUT2D eigenvalue weighted by atomic mass is 19.1. The van der Waals surface area contributed by atoms with Gasteiger partial charge in [-0.1, -0.05) is 18.2 Å². The number of halogens is 2. The summed E-state index contributed by atoms with van der Waals surface area (Å²) in [4.78, 5) is 32.0. The van der Waals surface area contributed by atoms with Gasteiger partial charge in [0.15, 0.2) is 11.6 Å². The van der Waals surface area contributed by atoms with Crippen LogP contribution in [0.25, 0.3) is 16.7 Å². The van der Waals surface area contributed by atoms with Crippen LogP contribution in [0.4, 0.5) is 14.6 Å². The van der Waals surface area contributed by atoms with Gasteiger partial charge in [0.05, 0.1) is 17.2 Å². The Kier molecular flexibility index (Phi) is 6.72. The standard InChI is InChI=1S/C27H25F2N5O3/c28-13-4-9-24(35)32-15-5-6-19(17-32)33-22-12-14-31-26(30)25(22)34(27(33)36)18-10-11-23(21(29)16-18)37-20-7-2-1-3-8-20/h1-4,7-12,14,16,19H,5-6,13,15,17H2,(H2,30,31)/b9-4+/t19-/m1/s1. The predicted octanol–water partition coefficient (Wildman–Crippen LogP) is 4.39. The molecule has 0 unspecified atom stereocenters. The number of hydrogen-bond acceptors (Lipinski definition) is 5. The zero-order valence-electron chi connectivity index (χ0n) is 19.9. The number of para-hydroxylation sites is 1. The number of allylic oxidation sites excluding steroid dienone is 1. The minimum atomic E-state index is -0.728. The minimum Gasteiger partial charge on any atom is -0.454 e. The van der Waals surface area contributed by atoms with E-state index >= 15 is 4.39 Å². The zero-order valence-corrected chi connectivity index (χ0v) is 19.9. The fourth-order valence-corrected chi connectivity index (χ4v) is 4.73. The number of anilines is 1. The van der Waals surface area contributed by atoms with Crippen molar-refractivity contribution in [3.8, 4) is 17.2 Å². The molecule has 0 aliphatic carbocycles. The van der Waals surface area contributed by atoms with Gasteiger partial charge < -0.3 is 15.4 Å². The lowest BCUT2D eigenvalue weighted by atomic mass is 10.1. The molecule has 4 aromatic rings. The topological polar surface area (TPSA) is 95.4 Å². The van der Waals surface area contributed by atoms with Crippen LogP contribution < -0.4 is 16.2 Å². The van der Waals surface area contributed by atoms with Gasteiger partial charge in [0, 0.05) is 31.4 Å². The summed E-state index contributed by atoms with van der Waals surface area (Å²) in [6, 6.07) is 14.4. The number of benzene rings is 2. The van der Waals surface area contributed by atoms with Gasteiger partial charge in [-0.15, -0.1) is 0 Å². The van der Waals surface area contributed by atoms with Crippen molar-refractivity contribution in [2.75, 3.05) is 25.5 Å². The van der Waals surface area contributed by atoms with Crippen LogP contribution in [0, 0.1) is 5.82 Å². The van der Waals surface area contributed by atoms with E-state index in [1.54, 1.807) is 45.9 Å². The molecule has 2 aromatic carbocycles. The van der Waals surface area contributed by atoms with Gasteiger partial charge in [0.25, 0.3) is 0 Å². The quantitative estimate of drug-likeness (QED) is 0.392. The van der Waals surface area contributed by atoms with Crippen LogP contribution in [0.2, 0.25) is 0 Å². The maximum atomic E-state index is 15.1. The average Bonchev–Trinajstić information content (AvgIpc) is 3.22. The smallest absolute Gasteiger partial charge is 0.334 e. The molecule has 5 rings (SSSR count). The van der Waals surface area contributed by atoms with Gasteiger partial charge in [-0.2, -0.15) is 0 Å². The first kappa shape index (κ1) is 24.2. The number of rotatable bonds is 6. The molecule has 1 amide bonds. The van der Waals surface area contributed by atoms with E-state index in [4.69, 9.17) is 10.5 Å². The van der Waals surface area contributed by atoms with Crippen molar-refractivity contribution in [1.29, 1.82) is 0 Å². The third-order valence-corrected chi connectivity index (χ3v) is 6.38. The van der Waals surface area contributed by atoms with E-state index in [1.165, 1.54) is 29.0 Å². The van der Waals surface area contributed by atoms with E-state index in [-0.39, 0.29) is 35.7 Å². The SMILES string of the molecule is Nc1nccc2c1n(-c1ccc(Oc3ccccc3)c(F)c1)c(=O)n2[C@@H]1CCCN(C(=O)/C=C/CF)C1. The first-order valence-electron chi connectivity index (χ1n) is 11.9. The number of alkyl halides is 1. The number of piperidine rings is 1. The summed E-state index contributed by atoms with van der Waals surface area (Å²) in [7, 11) is 0. The first-order chi connectivity index (χ1) is 18.0. The van der Waals surface area contributed by atoms with Crippen molar-refractivity contribution in [2.45, 2.75) is 18.9 Å². The number of ether oxygens (including phenoxy) is 1. The third kappa shape index (κ3) is 4.69. The second kappa shape index (κ2) is 10.3. The average molecular weight is 506 g/mol. The van der Waals surface area contributed by atoms with Crippen LogP contribution in [-0.4, -0.2) is 44.7 Å². The molecule has 0 spiro atoms. The Labute approximate surface area is 211 Å².